The van der Waals surface area contributed by atoms with Gasteiger partial charge < -0.3 is 19.9 Å². The Morgan fingerprint density at radius 2 is 2.35 bits per heavy atom. The van der Waals surface area contributed by atoms with Gasteiger partial charge in [0.15, 0.2) is 0 Å². The van der Waals surface area contributed by atoms with Gasteiger partial charge in [0.25, 0.3) is 0 Å². The first-order valence-electron chi connectivity index (χ1n) is 6.45. The Morgan fingerprint density at radius 1 is 1.55 bits per heavy atom. The van der Waals surface area contributed by atoms with Gasteiger partial charge in [-0.1, -0.05) is 11.6 Å². The van der Waals surface area contributed by atoms with Gasteiger partial charge in [0, 0.05) is 19.2 Å². The van der Waals surface area contributed by atoms with Crippen LogP contribution in [0.3, 0.4) is 0 Å². The van der Waals surface area contributed by atoms with Crippen LogP contribution in [0.2, 0.25) is 5.02 Å². The Labute approximate surface area is 121 Å². The standard InChI is InChI=1S/C13H16ClFN4O/c1-18-2-3-20-8(6-18)7-19-12-4-9(14)10(15)5-11(12)17-13(19)16/h4-5,8H,2-3,6-7H2,1H3,(H2,16,17). The number of aromatic nitrogens is 2. The second-order valence-corrected chi connectivity index (χ2v) is 5.50. The quantitative estimate of drug-likeness (QED) is 0.917. The number of nitrogens with two attached hydrogens (primary N) is 1. The smallest absolute Gasteiger partial charge is 0.201 e. The van der Waals surface area contributed by atoms with Crippen LogP contribution >= 0.6 is 11.6 Å². The molecule has 1 aliphatic heterocycles. The second-order valence-electron chi connectivity index (χ2n) is 5.09. The molecule has 2 N–H and O–H groups in total. The van der Waals surface area contributed by atoms with Crippen LogP contribution in [-0.2, 0) is 11.3 Å². The van der Waals surface area contributed by atoms with Gasteiger partial charge in [-0.3, -0.25) is 0 Å². The van der Waals surface area contributed by atoms with Crippen molar-refractivity contribution < 1.29 is 9.13 Å². The SMILES string of the molecule is CN1CCOC(Cn2c(N)nc3cc(F)c(Cl)cc32)C1. The Kier molecular flexibility index (Phi) is 3.54. The van der Waals surface area contributed by atoms with Crippen molar-refractivity contribution in [3.05, 3.63) is 23.0 Å². The summed E-state index contributed by atoms with van der Waals surface area (Å²) in [4.78, 5) is 6.38. The molecule has 7 heteroatoms. The number of likely N-dealkylation sites (N-methyl/N-ethyl adjacent to an activating group) is 1. The maximum Gasteiger partial charge on any atom is 0.201 e. The van der Waals surface area contributed by atoms with Gasteiger partial charge in [-0.25, -0.2) is 9.37 Å². The maximum absolute atomic E-state index is 13.4. The van der Waals surface area contributed by atoms with Crippen molar-refractivity contribution in [2.75, 3.05) is 32.5 Å². The number of nitrogens with zero attached hydrogens (tertiary/aromatic N) is 3. The lowest BCUT2D eigenvalue weighted by Gasteiger charge is -2.30. The van der Waals surface area contributed by atoms with Crippen LogP contribution in [0.4, 0.5) is 10.3 Å². The summed E-state index contributed by atoms with van der Waals surface area (Å²) in [5, 5.41) is 0.0698. The fraction of sp³-hybridized carbons (Fsp3) is 0.462. The average molecular weight is 299 g/mol. The zero-order valence-electron chi connectivity index (χ0n) is 11.1. The number of imidazole rings is 1. The number of hydrogen-bond donors (Lipinski definition) is 1. The number of hydrogen-bond acceptors (Lipinski definition) is 4. The summed E-state index contributed by atoms with van der Waals surface area (Å²) in [6.45, 7) is 3.03. The van der Waals surface area contributed by atoms with Gasteiger partial charge in [0.05, 0.1) is 35.3 Å². The molecule has 0 bridgehead atoms. The number of ether oxygens (including phenoxy) is 1. The van der Waals surface area contributed by atoms with Crippen molar-refractivity contribution in [3.63, 3.8) is 0 Å². The highest BCUT2D eigenvalue weighted by atomic mass is 35.5. The van der Waals surface area contributed by atoms with Crippen molar-refractivity contribution in [1.82, 2.24) is 14.5 Å². The zero-order chi connectivity index (χ0) is 14.3. The van der Waals surface area contributed by atoms with Crippen LogP contribution in [0, 0.1) is 5.82 Å². The Morgan fingerprint density at radius 3 is 3.10 bits per heavy atom. The summed E-state index contributed by atoms with van der Waals surface area (Å²) in [6, 6.07) is 2.86. The zero-order valence-corrected chi connectivity index (χ0v) is 11.9. The molecule has 1 unspecified atom stereocenters. The van der Waals surface area contributed by atoms with Crippen molar-refractivity contribution in [2.24, 2.45) is 0 Å². The van der Waals surface area contributed by atoms with E-state index in [1.807, 2.05) is 4.57 Å². The van der Waals surface area contributed by atoms with Crippen LogP contribution in [0.25, 0.3) is 11.0 Å². The highest BCUT2D eigenvalue weighted by Crippen LogP contribution is 2.25. The molecule has 2 aromatic rings. The lowest BCUT2D eigenvalue weighted by Crippen LogP contribution is -2.42. The van der Waals surface area contributed by atoms with Crippen LogP contribution in [0.5, 0.6) is 0 Å². The lowest BCUT2D eigenvalue weighted by molar-refractivity contribution is -0.0267. The fourth-order valence-corrected chi connectivity index (χ4v) is 2.67. The minimum Gasteiger partial charge on any atom is -0.374 e. The monoisotopic (exact) mass is 298 g/mol. The number of halogens is 2. The Hall–Kier alpha value is -1.37. The number of anilines is 1. The van der Waals surface area contributed by atoms with Crippen molar-refractivity contribution in [2.45, 2.75) is 12.6 Å². The average Bonchev–Trinajstić information content (AvgIpc) is 2.67. The second kappa shape index (κ2) is 5.20. The molecular weight excluding hydrogens is 283 g/mol. The van der Waals surface area contributed by atoms with Crippen LogP contribution in [0.1, 0.15) is 0 Å². The van der Waals surface area contributed by atoms with E-state index >= 15 is 0 Å². The summed E-state index contributed by atoms with van der Waals surface area (Å²) < 4.78 is 21.0. The summed E-state index contributed by atoms with van der Waals surface area (Å²) in [5.41, 5.74) is 7.16. The third-order valence-corrected chi connectivity index (χ3v) is 3.84. The first kappa shape index (κ1) is 13.6. The first-order valence-corrected chi connectivity index (χ1v) is 6.83. The molecule has 1 saturated heterocycles. The van der Waals surface area contributed by atoms with Crippen molar-refractivity contribution in [3.8, 4) is 0 Å². The molecule has 3 rings (SSSR count). The molecule has 1 aromatic heterocycles. The van der Waals surface area contributed by atoms with E-state index in [0.29, 0.717) is 24.6 Å². The number of fused-ring (bicyclic) bond motifs is 1. The normalized spacial score (nSPS) is 20.6. The van der Waals surface area contributed by atoms with Gasteiger partial charge in [-0.2, -0.15) is 0 Å². The van der Waals surface area contributed by atoms with E-state index < -0.39 is 5.82 Å². The lowest BCUT2D eigenvalue weighted by atomic mass is 10.2. The van der Waals surface area contributed by atoms with Crippen LogP contribution in [0.15, 0.2) is 12.1 Å². The van der Waals surface area contributed by atoms with Gasteiger partial charge >= 0.3 is 0 Å². The predicted molar refractivity (Wildman–Crippen MR) is 76.4 cm³/mol. The molecule has 0 radical (unpaired) electrons. The molecule has 2 heterocycles. The van der Waals surface area contributed by atoms with Gasteiger partial charge in [0.2, 0.25) is 5.95 Å². The topological polar surface area (TPSA) is 56.3 Å². The van der Waals surface area contributed by atoms with E-state index in [9.17, 15) is 4.39 Å². The van der Waals surface area contributed by atoms with Gasteiger partial charge in [0.1, 0.15) is 5.82 Å². The Balaban J connectivity index is 1.94. The van der Waals surface area contributed by atoms with E-state index in [2.05, 4.69) is 16.9 Å². The summed E-state index contributed by atoms with van der Waals surface area (Å²) in [7, 11) is 2.05. The van der Waals surface area contributed by atoms with Crippen LogP contribution < -0.4 is 5.73 Å². The molecule has 1 aliphatic rings. The molecule has 1 atom stereocenters. The fourth-order valence-electron chi connectivity index (χ4n) is 2.51. The largest absolute Gasteiger partial charge is 0.374 e. The van der Waals surface area contributed by atoms with Crippen molar-refractivity contribution in [1.29, 1.82) is 0 Å². The van der Waals surface area contributed by atoms with E-state index in [1.54, 1.807) is 6.07 Å². The molecule has 1 fully saturated rings. The molecule has 1 aromatic carbocycles. The summed E-state index contributed by atoms with van der Waals surface area (Å²) in [6.07, 6.45) is 0.0391. The van der Waals surface area contributed by atoms with Crippen molar-refractivity contribution >= 4 is 28.6 Å². The van der Waals surface area contributed by atoms with Gasteiger partial charge in [-0.15, -0.1) is 0 Å². The third-order valence-electron chi connectivity index (χ3n) is 3.55. The minimum absolute atomic E-state index is 0.0391. The number of nitrogen functional groups attached to an aromatic ring is 1. The predicted octanol–water partition coefficient (Wildman–Crippen LogP) is 1.74. The first-order chi connectivity index (χ1) is 9.54. The number of morpholine rings is 1. The van der Waals surface area contributed by atoms with Gasteiger partial charge in [-0.05, 0) is 13.1 Å². The summed E-state index contributed by atoms with van der Waals surface area (Å²) in [5.74, 6) is -0.143. The third kappa shape index (κ3) is 2.46. The minimum atomic E-state index is -0.488. The molecule has 108 valence electrons. The van der Waals surface area contributed by atoms with Crippen LogP contribution in [-0.4, -0.2) is 47.3 Å². The maximum atomic E-state index is 13.4. The molecule has 5 nitrogen and oxygen atoms in total. The highest BCUT2D eigenvalue weighted by Gasteiger charge is 2.21. The molecule has 0 amide bonds. The molecule has 0 aliphatic carbocycles. The molecular formula is C13H16ClFN4O. The van der Waals surface area contributed by atoms with E-state index in [0.717, 1.165) is 18.6 Å². The number of rotatable bonds is 2. The van der Waals surface area contributed by atoms with E-state index in [-0.39, 0.29) is 11.1 Å². The Bertz CT molecular complexity index is 645. The molecule has 0 spiro atoms. The summed E-state index contributed by atoms with van der Waals surface area (Å²) >= 11 is 5.84. The highest BCUT2D eigenvalue weighted by molar-refractivity contribution is 6.31. The number of benzene rings is 1. The molecule has 20 heavy (non-hydrogen) atoms. The van der Waals surface area contributed by atoms with E-state index in [1.165, 1.54) is 6.07 Å². The van der Waals surface area contributed by atoms with E-state index in [4.69, 9.17) is 22.1 Å². The molecule has 0 saturated carbocycles.